The summed E-state index contributed by atoms with van der Waals surface area (Å²) in [5.41, 5.74) is 5.00. The number of rotatable bonds is 8. The van der Waals surface area contributed by atoms with Crippen LogP contribution in [-0.2, 0) is 9.59 Å². The molecule has 0 aromatic heterocycles. The van der Waals surface area contributed by atoms with E-state index in [1.807, 2.05) is 27.7 Å². The average Bonchev–Trinajstić information content (AvgIpc) is 2.89. The summed E-state index contributed by atoms with van der Waals surface area (Å²) < 4.78 is 0. The number of hydrogen-bond acceptors (Lipinski definition) is 5. The molecule has 1 rings (SSSR count). The van der Waals surface area contributed by atoms with Gasteiger partial charge in [0.1, 0.15) is 0 Å². The van der Waals surface area contributed by atoms with Crippen LogP contribution in [0.3, 0.4) is 0 Å². The Morgan fingerprint density at radius 3 is 2.04 bits per heavy atom. The molecule has 0 amide bonds. The quantitative estimate of drug-likeness (QED) is 0.631. The monoisotopic (exact) mass is 326 g/mol. The van der Waals surface area contributed by atoms with Crippen LogP contribution < -0.4 is 11.1 Å². The Hall–Kier alpha value is -0.780. The highest BCUT2D eigenvalue weighted by molar-refractivity contribution is 5.87. The van der Waals surface area contributed by atoms with Gasteiger partial charge in [0.25, 0.3) is 0 Å². The van der Waals surface area contributed by atoms with Crippen molar-refractivity contribution in [3.05, 3.63) is 0 Å². The topological polar surface area (TPSA) is 92.4 Å². The number of nitrogens with two attached hydrogens (primary N) is 1. The molecule has 0 radical (unpaired) electrons. The van der Waals surface area contributed by atoms with E-state index in [4.69, 9.17) is 5.73 Å². The fourth-order valence-electron chi connectivity index (χ4n) is 3.31. The summed E-state index contributed by atoms with van der Waals surface area (Å²) in [7, 11) is 0. The maximum Gasteiger partial charge on any atom is 0.155 e. The van der Waals surface area contributed by atoms with Gasteiger partial charge in [0.05, 0.1) is 17.7 Å². The van der Waals surface area contributed by atoms with Crippen molar-refractivity contribution in [2.75, 3.05) is 0 Å². The number of carbonyl (C=O) groups is 2. The molecular formula is C18H34N2O3. The van der Waals surface area contributed by atoms with Gasteiger partial charge < -0.3 is 16.2 Å². The van der Waals surface area contributed by atoms with Crippen LogP contribution in [0, 0.1) is 17.8 Å². The van der Waals surface area contributed by atoms with Crippen LogP contribution in [0.4, 0.5) is 0 Å². The van der Waals surface area contributed by atoms with Crippen molar-refractivity contribution in [1.82, 2.24) is 5.32 Å². The van der Waals surface area contributed by atoms with E-state index in [9.17, 15) is 14.7 Å². The van der Waals surface area contributed by atoms with E-state index in [0.717, 1.165) is 19.3 Å². The lowest BCUT2D eigenvalue weighted by atomic mass is 9.88. The SMILES string of the molecule is CC(C)C(=O)C(N)C1CCC(NC(C(=O)C(C)C)C(C)(C)O)C1. The summed E-state index contributed by atoms with van der Waals surface area (Å²) in [6, 6.07) is -0.906. The summed E-state index contributed by atoms with van der Waals surface area (Å²) in [5, 5.41) is 13.7. The molecule has 1 fully saturated rings. The second-order valence-corrected chi connectivity index (χ2v) is 8.16. The number of ketones is 2. The van der Waals surface area contributed by atoms with Crippen LogP contribution in [0.1, 0.15) is 60.8 Å². The summed E-state index contributed by atoms with van der Waals surface area (Å²) >= 11 is 0. The number of hydrogen-bond donors (Lipinski definition) is 3. The molecule has 0 heterocycles. The predicted octanol–water partition coefficient (Wildman–Crippen LogP) is 1.66. The molecule has 5 heteroatoms. The lowest BCUT2D eigenvalue weighted by Gasteiger charge is -2.33. The zero-order chi connectivity index (χ0) is 17.9. The minimum atomic E-state index is -1.12. The third-order valence-corrected chi connectivity index (χ3v) is 4.84. The van der Waals surface area contributed by atoms with Gasteiger partial charge in [0.2, 0.25) is 0 Å². The molecule has 0 spiro atoms. The zero-order valence-corrected chi connectivity index (χ0v) is 15.4. The predicted molar refractivity (Wildman–Crippen MR) is 92.0 cm³/mol. The van der Waals surface area contributed by atoms with Gasteiger partial charge in [-0.15, -0.1) is 0 Å². The number of aliphatic hydroxyl groups is 1. The maximum atomic E-state index is 12.4. The molecule has 0 saturated heterocycles. The number of nitrogens with one attached hydrogen (secondary N) is 1. The van der Waals surface area contributed by atoms with E-state index in [1.165, 1.54) is 0 Å². The molecule has 134 valence electrons. The second-order valence-electron chi connectivity index (χ2n) is 8.16. The number of carbonyl (C=O) groups excluding carboxylic acids is 2. The first-order valence-corrected chi connectivity index (χ1v) is 8.76. The zero-order valence-electron chi connectivity index (χ0n) is 15.4. The molecule has 4 unspecified atom stereocenters. The van der Waals surface area contributed by atoms with Gasteiger partial charge in [-0.1, -0.05) is 27.7 Å². The molecule has 0 aromatic carbocycles. The fraction of sp³-hybridized carbons (Fsp3) is 0.889. The third-order valence-electron chi connectivity index (χ3n) is 4.84. The van der Waals surface area contributed by atoms with Gasteiger partial charge in [-0.2, -0.15) is 0 Å². The Labute approximate surface area is 140 Å². The molecule has 0 aliphatic heterocycles. The minimum absolute atomic E-state index is 0.0171. The Bertz CT molecular complexity index is 426. The largest absolute Gasteiger partial charge is 0.388 e. The van der Waals surface area contributed by atoms with Crippen LogP contribution in [0.2, 0.25) is 0 Å². The summed E-state index contributed by atoms with van der Waals surface area (Å²) in [6.45, 7) is 10.8. The third kappa shape index (κ3) is 5.37. The van der Waals surface area contributed by atoms with Gasteiger partial charge in [-0.05, 0) is 39.0 Å². The molecule has 0 bridgehead atoms. The molecule has 1 aliphatic rings. The summed E-state index contributed by atoms with van der Waals surface area (Å²) in [6.07, 6.45) is 2.53. The fourth-order valence-corrected chi connectivity index (χ4v) is 3.31. The molecule has 1 aliphatic carbocycles. The van der Waals surface area contributed by atoms with Gasteiger partial charge in [-0.25, -0.2) is 0 Å². The highest BCUT2D eigenvalue weighted by atomic mass is 16.3. The van der Waals surface area contributed by atoms with Crippen LogP contribution in [-0.4, -0.2) is 40.4 Å². The second kappa shape index (κ2) is 7.86. The van der Waals surface area contributed by atoms with Crippen molar-refractivity contribution in [3.63, 3.8) is 0 Å². The van der Waals surface area contributed by atoms with Crippen molar-refractivity contribution in [1.29, 1.82) is 0 Å². The molecule has 1 saturated carbocycles. The molecule has 5 nitrogen and oxygen atoms in total. The van der Waals surface area contributed by atoms with Crippen molar-refractivity contribution in [2.24, 2.45) is 23.5 Å². The van der Waals surface area contributed by atoms with Crippen LogP contribution >= 0.6 is 0 Å². The molecular weight excluding hydrogens is 292 g/mol. The van der Waals surface area contributed by atoms with E-state index in [-0.39, 0.29) is 35.4 Å². The van der Waals surface area contributed by atoms with E-state index in [1.54, 1.807) is 13.8 Å². The molecule has 4 N–H and O–H groups in total. The summed E-state index contributed by atoms with van der Waals surface area (Å²) in [5.74, 6) is 0.0833. The number of Topliss-reactive ketones (excluding diaryl/α,β-unsaturated/α-hetero) is 2. The van der Waals surface area contributed by atoms with Gasteiger partial charge in [0, 0.05) is 17.9 Å². The van der Waals surface area contributed by atoms with Crippen molar-refractivity contribution in [2.45, 2.75) is 84.5 Å². The molecule has 0 aromatic rings. The van der Waals surface area contributed by atoms with E-state index >= 15 is 0 Å². The molecule has 4 atom stereocenters. The average molecular weight is 326 g/mol. The Morgan fingerprint density at radius 1 is 1.09 bits per heavy atom. The highest BCUT2D eigenvalue weighted by Gasteiger charge is 2.39. The smallest absolute Gasteiger partial charge is 0.155 e. The molecule has 23 heavy (non-hydrogen) atoms. The van der Waals surface area contributed by atoms with Crippen LogP contribution in [0.15, 0.2) is 0 Å². The maximum absolute atomic E-state index is 12.4. The van der Waals surface area contributed by atoms with E-state index in [2.05, 4.69) is 5.32 Å². The van der Waals surface area contributed by atoms with Crippen molar-refractivity contribution >= 4 is 11.6 Å². The normalized spacial score (nSPS) is 25.0. The Balaban J connectivity index is 2.71. The highest BCUT2D eigenvalue weighted by Crippen LogP contribution is 2.30. The Kier molecular flexibility index (Phi) is 6.93. The minimum Gasteiger partial charge on any atom is -0.388 e. The van der Waals surface area contributed by atoms with E-state index < -0.39 is 17.7 Å². The Morgan fingerprint density at radius 2 is 1.61 bits per heavy atom. The lowest BCUT2D eigenvalue weighted by Crippen LogP contribution is -2.56. The van der Waals surface area contributed by atoms with Crippen molar-refractivity contribution < 1.29 is 14.7 Å². The van der Waals surface area contributed by atoms with Gasteiger partial charge in [0.15, 0.2) is 11.6 Å². The summed E-state index contributed by atoms with van der Waals surface area (Å²) in [4.78, 5) is 24.5. The lowest BCUT2D eigenvalue weighted by molar-refractivity contribution is -0.130. The first-order chi connectivity index (χ1) is 10.4. The first-order valence-electron chi connectivity index (χ1n) is 8.76. The van der Waals surface area contributed by atoms with Crippen LogP contribution in [0.25, 0.3) is 0 Å². The standard InChI is InChI=1S/C18H34N2O3/c1-10(2)15(21)14(19)12-7-8-13(9-12)20-17(18(5,6)23)16(22)11(3)4/h10-14,17,20,23H,7-9,19H2,1-6H3. The van der Waals surface area contributed by atoms with Crippen LogP contribution in [0.5, 0.6) is 0 Å². The first kappa shape index (κ1) is 20.3. The van der Waals surface area contributed by atoms with Crippen molar-refractivity contribution in [3.8, 4) is 0 Å². The van der Waals surface area contributed by atoms with E-state index in [0.29, 0.717) is 0 Å². The van der Waals surface area contributed by atoms with Gasteiger partial charge >= 0.3 is 0 Å². The van der Waals surface area contributed by atoms with Gasteiger partial charge in [-0.3, -0.25) is 9.59 Å².